The number of hydrogen-bond donors (Lipinski definition) is 1. The fourth-order valence-electron chi connectivity index (χ4n) is 1.28. The highest BCUT2D eigenvalue weighted by atomic mass is 16.2. The van der Waals surface area contributed by atoms with Gasteiger partial charge in [0.1, 0.15) is 5.82 Å². The number of rotatable bonds is 4. The van der Waals surface area contributed by atoms with Crippen LogP contribution in [0.2, 0.25) is 0 Å². The summed E-state index contributed by atoms with van der Waals surface area (Å²) in [4.78, 5) is 17.4. The number of aryl methyl sites for hydroxylation is 1. The van der Waals surface area contributed by atoms with E-state index in [1.807, 2.05) is 24.7 Å². The van der Waals surface area contributed by atoms with Crippen molar-refractivity contribution in [2.75, 3.05) is 7.05 Å². The predicted molar refractivity (Wildman–Crippen MR) is 57.9 cm³/mol. The largest absolute Gasteiger partial charge is 0.338 e. The van der Waals surface area contributed by atoms with Crippen molar-refractivity contribution >= 4 is 5.91 Å². The summed E-state index contributed by atoms with van der Waals surface area (Å²) in [5.74, 6) is 0.920. The Kier molecular flexibility index (Phi) is 3.85. The third-order valence-corrected chi connectivity index (χ3v) is 2.22. The molecule has 1 amide bonds. The monoisotopic (exact) mass is 210 g/mol. The van der Waals surface area contributed by atoms with Crippen molar-refractivity contribution in [1.82, 2.24) is 14.5 Å². The topological polar surface area (TPSA) is 64.2 Å². The Morgan fingerprint density at radius 2 is 2.40 bits per heavy atom. The molecule has 84 valence electrons. The fraction of sp³-hybridized carbons (Fsp3) is 0.600. The van der Waals surface area contributed by atoms with Gasteiger partial charge in [0, 0.05) is 39.0 Å². The number of carbonyl (C=O) groups excluding carboxylic acids is 1. The Morgan fingerprint density at radius 3 is 2.87 bits per heavy atom. The van der Waals surface area contributed by atoms with Crippen LogP contribution in [0.4, 0.5) is 0 Å². The van der Waals surface area contributed by atoms with E-state index in [0.717, 1.165) is 5.82 Å². The lowest BCUT2D eigenvalue weighted by molar-refractivity contribution is -0.130. The molecular formula is C10H18N4O. The molecule has 0 aliphatic rings. The number of amides is 1. The number of carbonyl (C=O) groups is 1. The Bertz CT molecular complexity index is 332. The van der Waals surface area contributed by atoms with Gasteiger partial charge in [-0.15, -0.1) is 0 Å². The molecule has 0 fully saturated rings. The van der Waals surface area contributed by atoms with Crippen LogP contribution in [0.15, 0.2) is 12.4 Å². The molecular weight excluding hydrogens is 192 g/mol. The number of hydrogen-bond acceptors (Lipinski definition) is 3. The summed E-state index contributed by atoms with van der Waals surface area (Å²) < 4.78 is 1.90. The molecule has 0 radical (unpaired) electrons. The molecule has 1 unspecified atom stereocenters. The lowest BCUT2D eigenvalue weighted by atomic mass is 10.2. The van der Waals surface area contributed by atoms with Gasteiger partial charge >= 0.3 is 0 Å². The first kappa shape index (κ1) is 11.7. The van der Waals surface area contributed by atoms with E-state index in [-0.39, 0.29) is 11.9 Å². The van der Waals surface area contributed by atoms with Gasteiger partial charge in [0.2, 0.25) is 5.91 Å². The minimum atomic E-state index is -0.0960. The molecule has 15 heavy (non-hydrogen) atoms. The maximum atomic E-state index is 11.6. The molecule has 0 aliphatic heterocycles. The van der Waals surface area contributed by atoms with Crippen LogP contribution in [0.1, 0.15) is 19.2 Å². The number of imidazole rings is 1. The molecule has 0 saturated carbocycles. The second-order valence-corrected chi connectivity index (χ2v) is 3.89. The maximum absolute atomic E-state index is 11.6. The zero-order valence-electron chi connectivity index (χ0n) is 9.47. The van der Waals surface area contributed by atoms with Crippen LogP contribution in [0.5, 0.6) is 0 Å². The SMILES string of the molecule is CC(N)CC(=O)N(C)Cc1nccn1C. The van der Waals surface area contributed by atoms with E-state index in [2.05, 4.69) is 4.98 Å². The molecule has 0 aromatic carbocycles. The Balaban J connectivity index is 2.52. The first-order chi connectivity index (χ1) is 7.00. The van der Waals surface area contributed by atoms with Crippen molar-refractivity contribution < 1.29 is 4.79 Å². The summed E-state index contributed by atoms with van der Waals surface area (Å²) in [6.45, 7) is 2.35. The van der Waals surface area contributed by atoms with E-state index in [0.29, 0.717) is 13.0 Å². The Morgan fingerprint density at radius 1 is 1.73 bits per heavy atom. The normalized spacial score (nSPS) is 12.5. The Hall–Kier alpha value is -1.36. The zero-order valence-corrected chi connectivity index (χ0v) is 9.47. The molecule has 1 rings (SSSR count). The van der Waals surface area contributed by atoms with E-state index in [1.54, 1.807) is 18.1 Å². The van der Waals surface area contributed by atoms with Crippen molar-refractivity contribution in [3.05, 3.63) is 18.2 Å². The molecule has 1 atom stereocenters. The molecule has 0 bridgehead atoms. The lowest BCUT2D eigenvalue weighted by Crippen LogP contribution is -2.32. The van der Waals surface area contributed by atoms with E-state index in [4.69, 9.17) is 5.73 Å². The van der Waals surface area contributed by atoms with Gasteiger partial charge in [0.15, 0.2) is 0 Å². The van der Waals surface area contributed by atoms with Crippen LogP contribution < -0.4 is 5.73 Å². The molecule has 5 heteroatoms. The molecule has 1 heterocycles. The van der Waals surface area contributed by atoms with Gasteiger partial charge in [-0.25, -0.2) is 4.98 Å². The minimum Gasteiger partial charge on any atom is -0.338 e. The number of nitrogens with two attached hydrogens (primary N) is 1. The predicted octanol–water partition coefficient (Wildman–Crippen LogP) is 0.116. The highest BCUT2D eigenvalue weighted by molar-refractivity contribution is 5.76. The van der Waals surface area contributed by atoms with Crippen molar-refractivity contribution in [3.63, 3.8) is 0 Å². The van der Waals surface area contributed by atoms with Crippen molar-refractivity contribution in [2.24, 2.45) is 12.8 Å². The minimum absolute atomic E-state index is 0.0491. The summed E-state index contributed by atoms with van der Waals surface area (Å²) in [6, 6.07) is -0.0960. The quantitative estimate of drug-likeness (QED) is 0.767. The van der Waals surface area contributed by atoms with Crippen LogP contribution in [-0.4, -0.2) is 33.4 Å². The van der Waals surface area contributed by atoms with Crippen LogP contribution in [0, 0.1) is 0 Å². The maximum Gasteiger partial charge on any atom is 0.224 e. The molecule has 0 aliphatic carbocycles. The van der Waals surface area contributed by atoms with Crippen LogP contribution in [0.25, 0.3) is 0 Å². The van der Waals surface area contributed by atoms with E-state index in [9.17, 15) is 4.79 Å². The van der Waals surface area contributed by atoms with Gasteiger partial charge in [-0.1, -0.05) is 0 Å². The number of aromatic nitrogens is 2. The van der Waals surface area contributed by atoms with Gasteiger partial charge in [0.05, 0.1) is 6.54 Å². The average molecular weight is 210 g/mol. The summed E-state index contributed by atoms with van der Waals surface area (Å²) >= 11 is 0. The molecule has 1 aromatic rings. The smallest absolute Gasteiger partial charge is 0.224 e. The van der Waals surface area contributed by atoms with Crippen LogP contribution in [0.3, 0.4) is 0 Å². The van der Waals surface area contributed by atoms with Gasteiger partial charge in [-0.2, -0.15) is 0 Å². The lowest BCUT2D eigenvalue weighted by Gasteiger charge is -2.17. The van der Waals surface area contributed by atoms with Gasteiger partial charge < -0.3 is 15.2 Å². The van der Waals surface area contributed by atoms with Crippen molar-refractivity contribution in [1.29, 1.82) is 0 Å². The van der Waals surface area contributed by atoms with Gasteiger partial charge in [-0.05, 0) is 6.92 Å². The summed E-state index contributed by atoms with van der Waals surface area (Å²) in [5, 5.41) is 0. The van der Waals surface area contributed by atoms with Crippen LogP contribution >= 0.6 is 0 Å². The van der Waals surface area contributed by atoms with Crippen molar-refractivity contribution in [2.45, 2.75) is 25.9 Å². The second kappa shape index (κ2) is 4.93. The third-order valence-electron chi connectivity index (χ3n) is 2.22. The highest BCUT2D eigenvalue weighted by Gasteiger charge is 2.12. The second-order valence-electron chi connectivity index (χ2n) is 3.89. The van der Waals surface area contributed by atoms with E-state index >= 15 is 0 Å². The van der Waals surface area contributed by atoms with E-state index < -0.39 is 0 Å². The fourth-order valence-corrected chi connectivity index (χ4v) is 1.28. The first-order valence-electron chi connectivity index (χ1n) is 4.96. The van der Waals surface area contributed by atoms with E-state index in [1.165, 1.54) is 0 Å². The molecule has 1 aromatic heterocycles. The summed E-state index contributed by atoms with van der Waals surface area (Å²) in [5.41, 5.74) is 5.57. The van der Waals surface area contributed by atoms with Gasteiger partial charge in [-0.3, -0.25) is 4.79 Å². The zero-order chi connectivity index (χ0) is 11.4. The highest BCUT2D eigenvalue weighted by Crippen LogP contribution is 2.02. The molecule has 0 saturated heterocycles. The molecule has 5 nitrogen and oxygen atoms in total. The third kappa shape index (κ3) is 3.36. The van der Waals surface area contributed by atoms with Gasteiger partial charge in [0.25, 0.3) is 0 Å². The van der Waals surface area contributed by atoms with Crippen molar-refractivity contribution in [3.8, 4) is 0 Å². The van der Waals surface area contributed by atoms with Crippen LogP contribution in [-0.2, 0) is 18.4 Å². The average Bonchev–Trinajstić information content (AvgIpc) is 2.50. The first-order valence-corrected chi connectivity index (χ1v) is 4.96. The summed E-state index contributed by atoms with van der Waals surface area (Å²) in [7, 11) is 3.67. The molecule has 2 N–H and O–H groups in total. The Labute approximate surface area is 89.9 Å². The molecule has 0 spiro atoms. The standard InChI is InChI=1S/C10H18N4O/c1-8(11)6-10(15)14(3)7-9-12-4-5-13(9)2/h4-5,8H,6-7,11H2,1-3H3. The summed E-state index contributed by atoms with van der Waals surface area (Å²) in [6.07, 6.45) is 3.96. The number of nitrogens with zero attached hydrogens (tertiary/aromatic N) is 3.